The van der Waals surface area contributed by atoms with Gasteiger partial charge in [0.25, 0.3) is 15.9 Å². The third-order valence-electron chi connectivity index (χ3n) is 4.72. The lowest BCUT2D eigenvalue weighted by Crippen LogP contribution is -2.65. The van der Waals surface area contributed by atoms with Crippen LogP contribution in [0.2, 0.25) is 0 Å². The molecule has 11 heteroatoms. The van der Waals surface area contributed by atoms with Crippen LogP contribution in [0.3, 0.4) is 0 Å². The van der Waals surface area contributed by atoms with Crippen LogP contribution in [0.15, 0.2) is 41.3 Å². The van der Waals surface area contributed by atoms with Crippen molar-refractivity contribution in [3.8, 4) is 0 Å². The van der Waals surface area contributed by atoms with Crippen molar-refractivity contribution in [1.29, 1.82) is 0 Å². The van der Waals surface area contributed by atoms with Crippen LogP contribution in [-0.2, 0) is 14.8 Å². The molecule has 0 bridgehead atoms. The summed E-state index contributed by atoms with van der Waals surface area (Å²) in [4.78, 5) is 37.8. The number of anilines is 1. The van der Waals surface area contributed by atoms with Crippen molar-refractivity contribution < 1.29 is 22.8 Å². The van der Waals surface area contributed by atoms with Crippen LogP contribution < -0.4 is 20.9 Å². The minimum absolute atomic E-state index is 0.0928. The maximum atomic E-state index is 13.4. The van der Waals surface area contributed by atoms with Crippen molar-refractivity contribution in [2.24, 2.45) is 0 Å². The number of nitrogens with zero attached hydrogens (tertiary/aromatic N) is 2. The Morgan fingerprint density at radius 3 is 2.36 bits per heavy atom. The molecular formula is C17H17N5O5S. The lowest BCUT2D eigenvalue weighted by molar-refractivity contribution is -0.123. The Labute approximate surface area is 160 Å². The zero-order valence-corrected chi connectivity index (χ0v) is 15.8. The first-order valence-corrected chi connectivity index (χ1v) is 9.81. The highest BCUT2D eigenvalue weighted by Crippen LogP contribution is 2.33. The number of benzene rings is 2. The molecule has 2 heterocycles. The van der Waals surface area contributed by atoms with Crippen LogP contribution in [-0.4, -0.2) is 57.0 Å². The maximum absolute atomic E-state index is 13.4. The van der Waals surface area contributed by atoms with Gasteiger partial charge in [-0.15, -0.1) is 0 Å². The number of carbonyl (C=O) groups is 3. The molecular weight excluding hydrogens is 386 g/mol. The highest BCUT2D eigenvalue weighted by atomic mass is 32.2. The highest BCUT2D eigenvalue weighted by molar-refractivity contribution is 7.90. The van der Waals surface area contributed by atoms with E-state index in [1.807, 2.05) is 30.4 Å². The van der Waals surface area contributed by atoms with Gasteiger partial charge in [-0.25, -0.2) is 18.0 Å². The summed E-state index contributed by atoms with van der Waals surface area (Å²) in [5.41, 5.74) is 0.809. The number of amides is 5. The molecule has 28 heavy (non-hydrogen) atoms. The second kappa shape index (κ2) is 6.09. The van der Waals surface area contributed by atoms with Gasteiger partial charge in [-0.2, -0.15) is 4.31 Å². The third-order valence-corrected chi connectivity index (χ3v) is 6.55. The van der Waals surface area contributed by atoms with Crippen molar-refractivity contribution in [3.05, 3.63) is 36.4 Å². The van der Waals surface area contributed by atoms with E-state index in [0.717, 1.165) is 5.69 Å². The Hall–Kier alpha value is -3.34. The first-order chi connectivity index (χ1) is 13.2. The average molecular weight is 403 g/mol. The van der Waals surface area contributed by atoms with Gasteiger partial charge in [-0.3, -0.25) is 10.1 Å². The Morgan fingerprint density at radius 2 is 1.64 bits per heavy atom. The van der Waals surface area contributed by atoms with E-state index >= 15 is 0 Å². The van der Waals surface area contributed by atoms with Crippen molar-refractivity contribution >= 4 is 44.5 Å². The molecule has 2 fully saturated rings. The molecule has 0 spiro atoms. The predicted octanol–water partition coefficient (Wildman–Crippen LogP) is 0.154. The third kappa shape index (κ3) is 2.54. The summed E-state index contributed by atoms with van der Waals surface area (Å²) in [5.74, 6) is -0.771. The van der Waals surface area contributed by atoms with Gasteiger partial charge >= 0.3 is 12.1 Å². The largest absolute Gasteiger partial charge is 0.377 e. The monoisotopic (exact) mass is 403 g/mol. The van der Waals surface area contributed by atoms with E-state index in [0.29, 0.717) is 15.1 Å². The molecule has 5 amide bonds. The Kier molecular flexibility index (Phi) is 3.93. The standard InChI is InChI=1S/C17H17N5O5S/c1-21(2)11-7-3-6-10-9(11)5-4-8-12(10)28(26,27)22-14-13(18-17(22)25)15(23)20-16(24)19-14/h3-8,13-14H,1-2H3,(H,18,25)(H2,19,20,23,24)/t13-,14+/m1/s1. The molecule has 0 aromatic heterocycles. The van der Waals surface area contributed by atoms with E-state index in [4.69, 9.17) is 0 Å². The summed E-state index contributed by atoms with van der Waals surface area (Å²) in [6.07, 6.45) is -1.34. The molecule has 2 aromatic carbocycles. The molecule has 3 N–H and O–H groups in total. The summed E-state index contributed by atoms with van der Waals surface area (Å²) in [6.45, 7) is 0. The van der Waals surface area contributed by atoms with E-state index in [9.17, 15) is 22.8 Å². The number of rotatable bonds is 3. The lowest BCUT2D eigenvalue weighted by Gasteiger charge is -2.29. The van der Waals surface area contributed by atoms with Crippen molar-refractivity contribution in [1.82, 2.24) is 20.3 Å². The van der Waals surface area contributed by atoms with Crippen molar-refractivity contribution in [2.45, 2.75) is 17.1 Å². The van der Waals surface area contributed by atoms with E-state index in [-0.39, 0.29) is 4.90 Å². The molecule has 0 aliphatic carbocycles. The van der Waals surface area contributed by atoms with Gasteiger partial charge in [-0.05, 0) is 12.1 Å². The Morgan fingerprint density at radius 1 is 0.964 bits per heavy atom. The minimum atomic E-state index is -4.37. The van der Waals surface area contributed by atoms with Gasteiger partial charge in [0.2, 0.25) is 0 Å². The smallest absolute Gasteiger partial charge is 0.334 e. The van der Waals surface area contributed by atoms with Crippen LogP contribution in [0.5, 0.6) is 0 Å². The molecule has 0 unspecified atom stereocenters. The number of carbonyl (C=O) groups excluding carboxylic acids is 3. The maximum Gasteiger partial charge on any atom is 0.334 e. The number of hydrogen-bond donors (Lipinski definition) is 3. The van der Waals surface area contributed by atoms with Gasteiger partial charge in [0.15, 0.2) is 12.2 Å². The fourth-order valence-corrected chi connectivity index (χ4v) is 5.16. The summed E-state index contributed by atoms with van der Waals surface area (Å²) in [5, 5.41) is 7.75. The van der Waals surface area contributed by atoms with Crippen LogP contribution in [0.4, 0.5) is 15.3 Å². The van der Waals surface area contributed by atoms with Gasteiger partial charge in [0, 0.05) is 30.6 Å². The van der Waals surface area contributed by atoms with Crippen LogP contribution >= 0.6 is 0 Å². The molecule has 4 rings (SSSR count). The normalized spacial score (nSPS) is 21.8. The first kappa shape index (κ1) is 18.0. The number of nitrogens with one attached hydrogen (secondary N) is 3. The SMILES string of the molecule is CN(C)c1cccc2c(S(=O)(=O)N3C(=O)N[C@H]4C(=O)NC(=O)N[C@H]43)cccc12. The van der Waals surface area contributed by atoms with Crippen LogP contribution in [0.1, 0.15) is 0 Å². The molecule has 2 aliphatic rings. The van der Waals surface area contributed by atoms with Gasteiger partial charge in [-0.1, -0.05) is 24.3 Å². The first-order valence-electron chi connectivity index (χ1n) is 8.37. The second-order valence-corrected chi connectivity index (χ2v) is 8.44. The Bertz CT molecular complexity index is 1130. The quantitative estimate of drug-likeness (QED) is 0.670. The minimum Gasteiger partial charge on any atom is -0.377 e. The van der Waals surface area contributed by atoms with E-state index in [1.165, 1.54) is 6.07 Å². The molecule has 10 nitrogen and oxygen atoms in total. The molecule has 0 saturated carbocycles. The topological polar surface area (TPSA) is 128 Å². The number of urea groups is 2. The zero-order valence-electron chi connectivity index (χ0n) is 15.0. The summed E-state index contributed by atoms with van der Waals surface area (Å²) in [7, 11) is -0.690. The summed E-state index contributed by atoms with van der Waals surface area (Å²) in [6, 6.07) is 6.93. The van der Waals surface area contributed by atoms with E-state index in [2.05, 4.69) is 10.6 Å². The zero-order chi connectivity index (χ0) is 20.2. The van der Waals surface area contributed by atoms with E-state index < -0.39 is 40.2 Å². The number of imide groups is 1. The molecule has 2 aromatic rings. The molecule has 0 radical (unpaired) electrons. The molecule has 2 saturated heterocycles. The number of hydrogen-bond acceptors (Lipinski definition) is 6. The summed E-state index contributed by atoms with van der Waals surface area (Å²) < 4.78 is 27.3. The average Bonchev–Trinajstić information content (AvgIpc) is 2.97. The molecule has 2 atom stereocenters. The second-order valence-electron chi connectivity index (χ2n) is 6.66. The fourth-order valence-electron chi connectivity index (χ4n) is 3.49. The fraction of sp³-hybridized carbons (Fsp3) is 0.235. The van der Waals surface area contributed by atoms with Gasteiger partial charge < -0.3 is 15.5 Å². The van der Waals surface area contributed by atoms with Gasteiger partial charge in [0.1, 0.15) is 0 Å². The number of fused-ring (bicyclic) bond motifs is 2. The lowest BCUT2D eigenvalue weighted by atomic mass is 10.1. The van der Waals surface area contributed by atoms with Crippen molar-refractivity contribution in [3.63, 3.8) is 0 Å². The predicted molar refractivity (Wildman–Crippen MR) is 100 cm³/mol. The Balaban J connectivity index is 1.87. The van der Waals surface area contributed by atoms with E-state index in [1.54, 1.807) is 24.3 Å². The highest BCUT2D eigenvalue weighted by Gasteiger charge is 2.53. The van der Waals surface area contributed by atoms with Crippen molar-refractivity contribution in [2.75, 3.05) is 19.0 Å². The van der Waals surface area contributed by atoms with Gasteiger partial charge in [0.05, 0.1) is 4.90 Å². The van der Waals surface area contributed by atoms with Crippen LogP contribution in [0, 0.1) is 0 Å². The summed E-state index contributed by atoms with van der Waals surface area (Å²) >= 11 is 0. The molecule has 146 valence electrons. The number of sulfonamides is 1. The van der Waals surface area contributed by atoms with Crippen LogP contribution in [0.25, 0.3) is 10.8 Å². The molecule has 2 aliphatic heterocycles.